The molecule has 72 valence electrons. The molecule has 1 saturated carbocycles. The number of nitrogens with zero attached hydrogens (tertiary/aromatic N) is 2. The Morgan fingerprint density at radius 1 is 1.62 bits per heavy atom. The number of nitrogen functional groups attached to an aromatic ring is 1. The van der Waals surface area contributed by atoms with Gasteiger partial charge in [0.05, 0.1) is 0 Å². The first-order valence-electron chi connectivity index (χ1n) is 4.65. The Kier molecular flexibility index (Phi) is 1.98. The Morgan fingerprint density at radius 2 is 2.31 bits per heavy atom. The van der Waals surface area contributed by atoms with Gasteiger partial charge in [-0.05, 0) is 18.8 Å². The summed E-state index contributed by atoms with van der Waals surface area (Å²) in [7, 11) is 1.67. The predicted octanol–water partition coefficient (Wildman–Crippen LogP) is 1.48. The molecule has 4 heteroatoms. The van der Waals surface area contributed by atoms with E-state index in [2.05, 4.69) is 5.10 Å². The van der Waals surface area contributed by atoms with Crippen molar-refractivity contribution in [3.8, 4) is 0 Å². The van der Waals surface area contributed by atoms with Crippen molar-refractivity contribution in [3.05, 3.63) is 11.5 Å². The van der Waals surface area contributed by atoms with E-state index in [1.54, 1.807) is 7.05 Å². The van der Waals surface area contributed by atoms with Gasteiger partial charge in [0, 0.05) is 7.05 Å². The predicted molar refractivity (Wildman–Crippen MR) is 48.6 cm³/mol. The summed E-state index contributed by atoms with van der Waals surface area (Å²) in [6.45, 7) is 0. The first-order chi connectivity index (χ1) is 6.18. The van der Waals surface area contributed by atoms with Gasteiger partial charge in [0.1, 0.15) is 5.69 Å². The van der Waals surface area contributed by atoms with E-state index in [-0.39, 0.29) is 11.6 Å². The van der Waals surface area contributed by atoms with Crippen molar-refractivity contribution in [2.24, 2.45) is 13.0 Å². The van der Waals surface area contributed by atoms with Gasteiger partial charge in [-0.3, -0.25) is 4.68 Å². The maximum absolute atomic E-state index is 13.3. The third-order valence-electron chi connectivity index (χ3n) is 2.58. The molecule has 3 nitrogen and oxygen atoms in total. The van der Waals surface area contributed by atoms with Gasteiger partial charge in [-0.25, -0.2) is 4.39 Å². The first kappa shape index (κ1) is 8.53. The number of aromatic nitrogens is 2. The summed E-state index contributed by atoms with van der Waals surface area (Å²) < 4.78 is 14.7. The Balaban J connectivity index is 2.05. The van der Waals surface area contributed by atoms with E-state index in [9.17, 15) is 4.39 Å². The van der Waals surface area contributed by atoms with Crippen LogP contribution >= 0.6 is 0 Å². The number of anilines is 1. The number of nitrogens with two attached hydrogens (primary N) is 1. The summed E-state index contributed by atoms with van der Waals surface area (Å²) in [5, 5.41) is 4.03. The van der Waals surface area contributed by atoms with E-state index in [4.69, 9.17) is 5.73 Å². The van der Waals surface area contributed by atoms with Crippen LogP contribution in [0.3, 0.4) is 0 Å². The summed E-state index contributed by atoms with van der Waals surface area (Å²) in [4.78, 5) is 0. The van der Waals surface area contributed by atoms with E-state index in [0.29, 0.717) is 5.69 Å². The molecule has 2 N–H and O–H groups in total. The van der Waals surface area contributed by atoms with Crippen molar-refractivity contribution in [2.75, 3.05) is 5.73 Å². The SMILES string of the molecule is Cn1nc(CCC2CC2)c(F)c1N. The van der Waals surface area contributed by atoms with Crippen LogP contribution in [0.4, 0.5) is 10.2 Å². The molecule has 0 saturated heterocycles. The quantitative estimate of drug-likeness (QED) is 0.771. The molecule has 1 aliphatic rings. The second-order valence-electron chi connectivity index (χ2n) is 3.75. The third kappa shape index (κ3) is 1.66. The second kappa shape index (κ2) is 3.01. The van der Waals surface area contributed by atoms with Crippen LogP contribution < -0.4 is 5.73 Å². The highest BCUT2D eigenvalue weighted by Crippen LogP contribution is 2.33. The van der Waals surface area contributed by atoms with Crippen LogP contribution in [0.15, 0.2) is 0 Å². The number of aryl methyl sites for hydroxylation is 2. The lowest BCUT2D eigenvalue weighted by Gasteiger charge is -1.93. The molecule has 1 aliphatic carbocycles. The van der Waals surface area contributed by atoms with E-state index >= 15 is 0 Å². The van der Waals surface area contributed by atoms with Crippen molar-refractivity contribution >= 4 is 5.82 Å². The van der Waals surface area contributed by atoms with E-state index in [0.717, 1.165) is 18.8 Å². The second-order valence-corrected chi connectivity index (χ2v) is 3.75. The lowest BCUT2D eigenvalue weighted by Crippen LogP contribution is -1.98. The molecule has 0 amide bonds. The average Bonchev–Trinajstić information content (AvgIpc) is 2.89. The Morgan fingerprint density at radius 3 is 2.77 bits per heavy atom. The Labute approximate surface area is 76.7 Å². The standard InChI is InChI=1S/C9H14FN3/c1-13-9(11)8(10)7(12-13)5-4-6-2-3-6/h6H,2-5,11H2,1H3. The highest BCUT2D eigenvalue weighted by molar-refractivity contribution is 5.33. The molecule has 0 aromatic carbocycles. The summed E-state index contributed by atoms with van der Waals surface area (Å²) in [5.74, 6) is 0.622. The van der Waals surface area contributed by atoms with Crippen LogP contribution in [0, 0.1) is 11.7 Å². The fourth-order valence-corrected chi connectivity index (χ4v) is 1.48. The highest BCUT2D eigenvalue weighted by atomic mass is 19.1. The molecule has 13 heavy (non-hydrogen) atoms. The minimum Gasteiger partial charge on any atom is -0.381 e. The number of hydrogen-bond donors (Lipinski definition) is 1. The van der Waals surface area contributed by atoms with Crippen LogP contribution in [0.5, 0.6) is 0 Å². The van der Waals surface area contributed by atoms with Gasteiger partial charge >= 0.3 is 0 Å². The fourth-order valence-electron chi connectivity index (χ4n) is 1.48. The van der Waals surface area contributed by atoms with Crippen LogP contribution in [-0.2, 0) is 13.5 Å². The van der Waals surface area contributed by atoms with Gasteiger partial charge in [0.25, 0.3) is 0 Å². The molecule has 0 atom stereocenters. The van der Waals surface area contributed by atoms with Gasteiger partial charge in [-0.1, -0.05) is 12.8 Å². The molecule has 2 rings (SSSR count). The Bertz CT molecular complexity index is 315. The van der Waals surface area contributed by atoms with E-state index < -0.39 is 0 Å². The summed E-state index contributed by atoms with van der Waals surface area (Å²) in [5.41, 5.74) is 5.97. The highest BCUT2D eigenvalue weighted by Gasteiger charge is 2.22. The largest absolute Gasteiger partial charge is 0.381 e. The molecule has 0 radical (unpaired) electrons. The van der Waals surface area contributed by atoms with Crippen LogP contribution in [0.2, 0.25) is 0 Å². The molecule has 0 spiro atoms. The van der Waals surface area contributed by atoms with E-state index in [1.807, 2.05) is 0 Å². The van der Waals surface area contributed by atoms with Gasteiger partial charge in [0.2, 0.25) is 0 Å². The average molecular weight is 183 g/mol. The summed E-state index contributed by atoms with van der Waals surface area (Å²) >= 11 is 0. The monoisotopic (exact) mass is 183 g/mol. The zero-order chi connectivity index (χ0) is 9.42. The third-order valence-corrected chi connectivity index (χ3v) is 2.58. The zero-order valence-electron chi connectivity index (χ0n) is 7.76. The number of rotatable bonds is 3. The smallest absolute Gasteiger partial charge is 0.188 e. The molecular weight excluding hydrogens is 169 g/mol. The molecule has 0 aliphatic heterocycles. The van der Waals surface area contributed by atoms with Crippen molar-refractivity contribution in [1.29, 1.82) is 0 Å². The molecule has 0 bridgehead atoms. The lowest BCUT2D eigenvalue weighted by atomic mass is 10.2. The Hall–Kier alpha value is -1.06. The van der Waals surface area contributed by atoms with Crippen LogP contribution in [0.1, 0.15) is 25.0 Å². The minimum atomic E-state index is -0.330. The molecule has 1 aromatic rings. The summed E-state index contributed by atoms with van der Waals surface area (Å²) in [6, 6.07) is 0. The lowest BCUT2D eigenvalue weighted by molar-refractivity contribution is 0.599. The fraction of sp³-hybridized carbons (Fsp3) is 0.667. The molecule has 1 aromatic heterocycles. The minimum absolute atomic E-state index is 0.144. The van der Waals surface area contributed by atoms with Crippen LogP contribution in [0.25, 0.3) is 0 Å². The molecule has 1 heterocycles. The van der Waals surface area contributed by atoms with Crippen LogP contribution in [-0.4, -0.2) is 9.78 Å². The van der Waals surface area contributed by atoms with Gasteiger partial charge < -0.3 is 5.73 Å². The van der Waals surface area contributed by atoms with Gasteiger partial charge in [-0.15, -0.1) is 0 Å². The van der Waals surface area contributed by atoms with Crippen molar-refractivity contribution < 1.29 is 4.39 Å². The van der Waals surface area contributed by atoms with Gasteiger partial charge in [-0.2, -0.15) is 5.10 Å². The van der Waals surface area contributed by atoms with E-state index in [1.165, 1.54) is 17.5 Å². The van der Waals surface area contributed by atoms with Gasteiger partial charge in [0.15, 0.2) is 11.6 Å². The van der Waals surface area contributed by atoms with Crippen molar-refractivity contribution in [2.45, 2.75) is 25.7 Å². The zero-order valence-corrected chi connectivity index (χ0v) is 7.76. The normalized spacial score (nSPS) is 16.5. The maximum atomic E-state index is 13.3. The topological polar surface area (TPSA) is 43.8 Å². The number of hydrogen-bond acceptors (Lipinski definition) is 2. The number of halogens is 1. The van der Waals surface area contributed by atoms with Crippen molar-refractivity contribution in [3.63, 3.8) is 0 Å². The molecular formula is C9H14FN3. The maximum Gasteiger partial charge on any atom is 0.188 e. The summed E-state index contributed by atoms with van der Waals surface area (Å²) in [6.07, 6.45) is 4.36. The van der Waals surface area contributed by atoms with Crippen molar-refractivity contribution in [1.82, 2.24) is 9.78 Å². The molecule has 0 unspecified atom stereocenters. The first-order valence-corrected chi connectivity index (χ1v) is 4.65. The molecule has 1 fully saturated rings.